The number of carbonyl (C=O) groups is 1. The molecule has 0 spiro atoms. The Morgan fingerprint density at radius 3 is 2.32 bits per heavy atom. The van der Waals surface area contributed by atoms with Crippen LogP contribution in [-0.2, 0) is 0 Å². The lowest BCUT2D eigenvalue weighted by Gasteiger charge is -2.36. The summed E-state index contributed by atoms with van der Waals surface area (Å²) < 4.78 is 7.39. The Balaban J connectivity index is 1.36. The van der Waals surface area contributed by atoms with Crippen LogP contribution in [0.5, 0.6) is 0 Å². The van der Waals surface area contributed by atoms with Crippen molar-refractivity contribution in [3.8, 4) is 16.9 Å². The van der Waals surface area contributed by atoms with Crippen molar-refractivity contribution in [3.05, 3.63) is 82.3 Å². The van der Waals surface area contributed by atoms with Crippen LogP contribution in [0.2, 0.25) is 5.02 Å². The summed E-state index contributed by atoms with van der Waals surface area (Å²) in [5.41, 5.74) is 5.92. The van der Waals surface area contributed by atoms with Crippen molar-refractivity contribution in [1.29, 1.82) is 0 Å². The number of halogens is 1. The Hall–Kier alpha value is -3.58. The summed E-state index contributed by atoms with van der Waals surface area (Å²) in [7, 11) is 0. The lowest BCUT2D eigenvalue weighted by molar-refractivity contribution is 0.0745. The molecule has 7 nitrogen and oxygen atoms in total. The van der Waals surface area contributed by atoms with Gasteiger partial charge in [0.1, 0.15) is 17.0 Å². The molecule has 0 atom stereocenters. The maximum atomic E-state index is 13.5. The largest absolute Gasteiger partial charge is 0.365 e. The van der Waals surface area contributed by atoms with Crippen molar-refractivity contribution in [2.75, 3.05) is 31.1 Å². The molecule has 0 unspecified atom stereocenters. The fourth-order valence-corrected chi connectivity index (χ4v) is 4.89. The number of amides is 1. The van der Waals surface area contributed by atoms with E-state index in [-0.39, 0.29) is 5.91 Å². The van der Waals surface area contributed by atoms with Crippen molar-refractivity contribution < 1.29 is 9.32 Å². The van der Waals surface area contributed by atoms with E-state index in [1.807, 2.05) is 52.9 Å². The molecule has 0 N–H and O–H groups in total. The number of hydrogen-bond acceptors (Lipinski definition) is 5. The molecule has 0 saturated carbocycles. The van der Waals surface area contributed by atoms with Crippen LogP contribution in [0, 0.1) is 20.8 Å². The maximum Gasteiger partial charge on any atom is 0.259 e. The molecule has 1 aliphatic heterocycles. The Labute approximate surface area is 203 Å². The molecule has 1 aliphatic rings. The van der Waals surface area contributed by atoms with Gasteiger partial charge < -0.3 is 14.3 Å². The molecular weight excluding hydrogens is 450 g/mol. The number of piperazine rings is 1. The molecule has 1 amide bonds. The van der Waals surface area contributed by atoms with E-state index < -0.39 is 0 Å². The third kappa shape index (κ3) is 3.86. The summed E-state index contributed by atoms with van der Waals surface area (Å²) >= 11 is 6.37. The standard InChI is InChI=1S/C26H26ClN5O2/c1-17-25(18(2)32(28-17)20-9-5-4-6-10-20)30-13-15-31(16-14-30)26(33)23-19(3)34-29-24(23)21-11-7-8-12-22(21)27/h4-12H,13-16H2,1-3H3. The van der Waals surface area contributed by atoms with Crippen LogP contribution in [-0.4, -0.2) is 51.9 Å². The van der Waals surface area contributed by atoms with E-state index >= 15 is 0 Å². The van der Waals surface area contributed by atoms with Gasteiger partial charge in [0.2, 0.25) is 0 Å². The summed E-state index contributed by atoms with van der Waals surface area (Å²) in [6.45, 7) is 8.54. The van der Waals surface area contributed by atoms with Crippen LogP contribution < -0.4 is 4.90 Å². The third-order valence-corrected chi connectivity index (χ3v) is 6.67. The first-order valence-electron chi connectivity index (χ1n) is 11.3. The molecule has 1 fully saturated rings. The predicted octanol–water partition coefficient (Wildman–Crippen LogP) is 5.07. The van der Waals surface area contributed by atoms with Crippen molar-refractivity contribution in [2.24, 2.45) is 0 Å². The average Bonchev–Trinajstić information content (AvgIpc) is 3.38. The molecule has 174 valence electrons. The van der Waals surface area contributed by atoms with Gasteiger partial charge in [-0.25, -0.2) is 4.68 Å². The first-order valence-corrected chi connectivity index (χ1v) is 11.7. The lowest BCUT2D eigenvalue weighted by atomic mass is 10.0. The highest BCUT2D eigenvalue weighted by Gasteiger charge is 2.30. The number of para-hydroxylation sites is 1. The van der Waals surface area contributed by atoms with Gasteiger partial charge in [-0.1, -0.05) is 53.2 Å². The molecule has 1 saturated heterocycles. The van der Waals surface area contributed by atoms with Gasteiger partial charge in [-0.3, -0.25) is 4.79 Å². The van der Waals surface area contributed by atoms with Crippen molar-refractivity contribution in [2.45, 2.75) is 20.8 Å². The second-order valence-electron chi connectivity index (χ2n) is 8.49. The normalized spacial score (nSPS) is 14.0. The summed E-state index contributed by atoms with van der Waals surface area (Å²) in [4.78, 5) is 17.7. The van der Waals surface area contributed by atoms with Gasteiger partial charge in [-0.2, -0.15) is 5.10 Å². The van der Waals surface area contributed by atoms with Gasteiger partial charge in [-0.15, -0.1) is 0 Å². The molecule has 0 aliphatic carbocycles. The summed E-state index contributed by atoms with van der Waals surface area (Å²) in [5.74, 6) is 0.417. The van der Waals surface area contributed by atoms with E-state index in [1.54, 1.807) is 13.0 Å². The average molecular weight is 476 g/mol. The van der Waals surface area contributed by atoms with Gasteiger partial charge in [0.15, 0.2) is 0 Å². The highest BCUT2D eigenvalue weighted by Crippen LogP contribution is 2.33. The first-order chi connectivity index (χ1) is 16.5. The van der Waals surface area contributed by atoms with Crippen LogP contribution in [0.25, 0.3) is 16.9 Å². The number of aromatic nitrogens is 3. The van der Waals surface area contributed by atoms with E-state index in [9.17, 15) is 4.79 Å². The zero-order chi connectivity index (χ0) is 23.8. The van der Waals surface area contributed by atoms with E-state index in [0.29, 0.717) is 40.7 Å². The van der Waals surface area contributed by atoms with Crippen molar-refractivity contribution in [1.82, 2.24) is 19.8 Å². The Kier molecular flexibility index (Phi) is 5.87. The number of aryl methyl sites for hydroxylation is 2. The second-order valence-corrected chi connectivity index (χ2v) is 8.90. The molecular formula is C26H26ClN5O2. The molecule has 8 heteroatoms. The third-order valence-electron chi connectivity index (χ3n) is 6.34. The van der Waals surface area contributed by atoms with Crippen LogP contribution in [0.4, 0.5) is 5.69 Å². The molecule has 5 rings (SSSR count). The number of nitrogens with zero attached hydrogens (tertiary/aromatic N) is 5. The SMILES string of the molecule is Cc1nn(-c2ccccc2)c(C)c1N1CCN(C(=O)c2c(-c3ccccc3Cl)noc2C)CC1. The maximum absolute atomic E-state index is 13.5. The number of anilines is 1. The topological polar surface area (TPSA) is 67.4 Å². The van der Waals surface area contributed by atoms with Gasteiger partial charge in [0.25, 0.3) is 5.91 Å². The Bertz CT molecular complexity index is 1340. The number of hydrogen-bond donors (Lipinski definition) is 0. The summed E-state index contributed by atoms with van der Waals surface area (Å²) in [6.07, 6.45) is 0. The van der Waals surface area contributed by atoms with Crippen molar-refractivity contribution in [3.63, 3.8) is 0 Å². The van der Waals surface area contributed by atoms with Gasteiger partial charge in [0.05, 0.1) is 27.8 Å². The fourth-order valence-electron chi connectivity index (χ4n) is 4.67. The predicted molar refractivity (Wildman–Crippen MR) is 133 cm³/mol. The quantitative estimate of drug-likeness (QED) is 0.412. The highest BCUT2D eigenvalue weighted by molar-refractivity contribution is 6.33. The molecule has 34 heavy (non-hydrogen) atoms. The molecule has 0 bridgehead atoms. The van der Waals surface area contributed by atoms with Crippen molar-refractivity contribution >= 4 is 23.2 Å². The van der Waals surface area contributed by atoms with Crippen LogP contribution in [0.3, 0.4) is 0 Å². The summed E-state index contributed by atoms with van der Waals surface area (Å²) in [6, 6.07) is 17.5. The van der Waals surface area contributed by atoms with Crippen LogP contribution in [0.1, 0.15) is 27.5 Å². The van der Waals surface area contributed by atoms with Gasteiger partial charge in [0, 0.05) is 31.7 Å². The Morgan fingerprint density at radius 2 is 1.62 bits per heavy atom. The van der Waals surface area contributed by atoms with Gasteiger partial charge in [-0.05, 0) is 39.0 Å². The number of rotatable bonds is 4. The fraction of sp³-hybridized carbons (Fsp3) is 0.269. The van der Waals surface area contributed by atoms with E-state index in [4.69, 9.17) is 21.2 Å². The number of benzene rings is 2. The first kappa shape index (κ1) is 22.2. The second kappa shape index (κ2) is 8.99. The molecule has 4 aromatic rings. The van der Waals surface area contributed by atoms with E-state index in [2.05, 4.69) is 29.1 Å². The highest BCUT2D eigenvalue weighted by atomic mass is 35.5. The summed E-state index contributed by atoms with van der Waals surface area (Å²) in [5, 5.41) is 9.47. The minimum Gasteiger partial charge on any atom is -0.365 e. The molecule has 2 aromatic heterocycles. The minimum absolute atomic E-state index is 0.0817. The molecule has 0 radical (unpaired) electrons. The van der Waals surface area contributed by atoms with E-state index in [0.717, 1.165) is 35.9 Å². The lowest BCUT2D eigenvalue weighted by Crippen LogP contribution is -2.49. The minimum atomic E-state index is -0.0817. The number of carbonyl (C=O) groups excluding carboxylic acids is 1. The zero-order valence-electron chi connectivity index (χ0n) is 19.5. The molecule has 2 aromatic carbocycles. The van der Waals surface area contributed by atoms with Crippen LogP contribution >= 0.6 is 11.6 Å². The Morgan fingerprint density at radius 1 is 0.941 bits per heavy atom. The molecule has 3 heterocycles. The monoisotopic (exact) mass is 475 g/mol. The van der Waals surface area contributed by atoms with Gasteiger partial charge >= 0.3 is 0 Å². The van der Waals surface area contributed by atoms with E-state index in [1.165, 1.54) is 0 Å². The smallest absolute Gasteiger partial charge is 0.259 e. The van der Waals surface area contributed by atoms with Crippen LogP contribution in [0.15, 0.2) is 59.1 Å². The zero-order valence-corrected chi connectivity index (χ0v) is 20.2.